The van der Waals surface area contributed by atoms with E-state index in [2.05, 4.69) is 36.4 Å². The van der Waals surface area contributed by atoms with Crippen molar-refractivity contribution >= 4 is 22.9 Å². The average molecular weight is 240 g/mol. The van der Waals surface area contributed by atoms with Crippen LogP contribution in [0.3, 0.4) is 0 Å². The molecular weight excluding hydrogens is 224 g/mol. The van der Waals surface area contributed by atoms with Crippen molar-refractivity contribution in [2.45, 2.75) is 20.1 Å². The van der Waals surface area contributed by atoms with Gasteiger partial charge in [-0.2, -0.15) is 0 Å². The summed E-state index contributed by atoms with van der Waals surface area (Å²) >= 11 is 0. The summed E-state index contributed by atoms with van der Waals surface area (Å²) in [6, 6.07) is 10.4. The summed E-state index contributed by atoms with van der Waals surface area (Å²) in [7, 11) is 0. The quantitative estimate of drug-likeness (QED) is 0.639. The zero-order chi connectivity index (χ0) is 12.5. The lowest BCUT2D eigenvalue weighted by Crippen LogP contribution is -2.16. The zero-order valence-corrected chi connectivity index (χ0v) is 10.6. The molecule has 18 heavy (non-hydrogen) atoms. The second kappa shape index (κ2) is 4.46. The third kappa shape index (κ3) is 1.79. The lowest BCUT2D eigenvalue weighted by Gasteiger charge is -2.16. The van der Waals surface area contributed by atoms with Gasteiger partial charge in [0.25, 0.3) is 0 Å². The summed E-state index contributed by atoms with van der Waals surface area (Å²) in [6.45, 7) is 4.55. The highest BCUT2D eigenvalue weighted by atomic mass is 16.7. The highest BCUT2D eigenvalue weighted by molar-refractivity contribution is 6.06. The molecule has 92 valence electrons. The van der Waals surface area contributed by atoms with Gasteiger partial charge < -0.3 is 9.47 Å². The summed E-state index contributed by atoms with van der Waals surface area (Å²) in [5, 5.41) is 2.43. The Morgan fingerprint density at radius 2 is 1.83 bits per heavy atom. The van der Waals surface area contributed by atoms with E-state index in [1.165, 1.54) is 16.5 Å². The van der Waals surface area contributed by atoms with Crippen LogP contribution in [0.5, 0.6) is 5.75 Å². The second-order valence-corrected chi connectivity index (χ2v) is 4.40. The van der Waals surface area contributed by atoms with E-state index in [1.807, 2.05) is 19.9 Å². The molecule has 0 saturated carbocycles. The summed E-state index contributed by atoms with van der Waals surface area (Å²) in [5.74, 6) is 0.889. The van der Waals surface area contributed by atoms with Crippen molar-refractivity contribution in [2.24, 2.45) is 0 Å². The van der Waals surface area contributed by atoms with Crippen molar-refractivity contribution in [3.05, 3.63) is 41.5 Å². The molecule has 0 aliphatic heterocycles. The average Bonchev–Trinajstić information content (AvgIpc) is 2.78. The number of hydrogen-bond donors (Lipinski definition) is 0. The highest BCUT2D eigenvalue weighted by Gasteiger charge is 2.13. The van der Waals surface area contributed by atoms with Crippen LogP contribution in [0, 0.1) is 0 Å². The van der Waals surface area contributed by atoms with Crippen LogP contribution in [0.1, 0.15) is 25.0 Å². The minimum atomic E-state index is -0.221. The molecule has 0 aromatic heterocycles. The maximum absolute atomic E-state index is 5.86. The van der Waals surface area contributed by atoms with Crippen LogP contribution < -0.4 is 4.74 Å². The van der Waals surface area contributed by atoms with Crippen molar-refractivity contribution in [1.29, 1.82) is 0 Å². The van der Waals surface area contributed by atoms with Crippen LogP contribution in [-0.4, -0.2) is 12.9 Å². The van der Waals surface area contributed by atoms with E-state index >= 15 is 0 Å². The molecule has 2 heteroatoms. The summed E-state index contributed by atoms with van der Waals surface area (Å²) in [6.07, 6.45) is 4.07. The Balaban J connectivity index is 2.05. The van der Waals surface area contributed by atoms with E-state index in [0.29, 0.717) is 6.61 Å². The first-order chi connectivity index (χ1) is 8.79. The molecule has 0 N–H and O–H groups in total. The van der Waals surface area contributed by atoms with Crippen LogP contribution >= 0.6 is 0 Å². The van der Waals surface area contributed by atoms with E-state index in [9.17, 15) is 0 Å². The van der Waals surface area contributed by atoms with E-state index in [4.69, 9.17) is 9.47 Å². The number of benzene rings is 2. The maximum Gasteiger partial charge on any atom is 0.196 e. The predicted octanol–water partition coefficient (Wildman–Crippen LogP) is 4.08. The monoisotopic (exact) mass is 240 g/mol. The molecule has 0 heterocycles. The molecule has 1 aliphatic carbocycles. The van der Waals surface area contributed by atoms with Gasteiger partial charge in [0.05, 0.1) is 0 Å². The molecular formula is C16H16O2. The first-order valence-electron chi connectivity index (χ1n) is 6.31. The Labute approximate surface area is 107 Å². The van der Waals surface area contributed by atoms with Crippen molar-refractivity contribution in [1.82, 2.24) is 0 Å². The van der Waals surface area contributed by atoms with E-state index in [1.54, 1.807) is 0 Å². The SMILES string of the molecule is CCOC(C)Oc1ccc2c3c(cccc13)C=C2. The first-order valence-corrected chi connectivity index (χ1v) is 6.31. The molecule has 0 bridgehead atoms. The van der Waals surface area contributed by atoms with Gasteiger partial charge in [0, 0.05) is 12.0 Å². The van der Waals surface area contributed by atoms with E-state index in [-0.39, 0.29) is 6.29 Å². The van der Waals surface area contributed by atoms with Gasteiger partial charge >= 0.3 is 0 Å². The molecule has 0 radical (unpaired) electrons. The molecule has 1 unspecified atom stereocenters. The summed E-state index contributed by atoms with van der Waals surface area (Å²) in [4.78, 5) is 0. The first kappa shape index (κ1) is 11.3. The molecule has 0 spiro atoms. The van der Waals surface area contributed by atoms with Gasteiger partial charge in [0.2, 0.25) is 0 Å². The summed E-state index contributed by atoms with van der Waals surface area (Å²) in [5.41, 5.74) is 2.52. The normalized spacial score (nSPS) is 14.1. The van der Waals surface area contributed by atoms with Crippen molar-refractivity contribution in [3.8, 4) is 5.75 Å². The molecule has 0 saturated heterocycles. The van der Waals surface area contributed by atoms with Gasteiger partial charge in [-0.15, -0.1) is 0 Å². The minimum Gasteiger partial charge on any atom is -0.465 e. The van der Waals surface area contributed by atoms with E-state index in [0.717, 1.165) is 11.1 Å². The molecule has 0 fully saturated rings. The Hall–Kier alpha value is -1.80. The van der Waals surface area contributed by atoms with Gasteiger partial charge in [-0.3, -0.25) is 0 Å². The van der Waals surface area contributed by atoms with Gasteiger partial charge in [-0.05, 0) is 36.4 Å². The fourth-order valence-corrected chi connectivity index (χ4v) is 2.44. The Morgan fingerprint density at radius 1 is 1.06 bits per heavy atom. The number of ether oxygens (including phenoxy) is 2. The Morgan fingerprint density at radius 3 is 2.61 bits per heavy atom. The van der Waals surface area contributed by atoms with Crippen LogP contribution in [0.4, 0.5) is 0 Å². The fourth-order valence-electron chi connectivity index (χ4n) is 2.44. The minimum absolute atomic E-state index is 0.221. The maximum atomic E-state index is 5.86. The molecule has 2 aromatic carbocycles. The lowest BCUT2D eigenvalue weighted by molar-refractivity contribution is -0.0605. The molecule has 1 atom stereocenters. The third-order valence-corrected chi connectivity index (χ3v) is 3.20. The van der Waals surface area contributed by atoms with Gasteiger partial charge in [-0.1, -0.05) is 36.4 Å². The van der Waals surface area contributed by atoms with Crippen LogP contribution in [-0.2, 0) is 4.74 Å². The van der Waals surface area contributed by atoms with Crippen LogP contribution in [0.25, 0.3) is 22.9 Å². The van der Waals surface area contributed by atoms with Crippen LogP contribution in [0.2, 0.25) is 0 Å². The standard InChI is InChI=1S/C16H16O2/c1-3-17-11(2)18-15-10-9-13-8-7-12-5-4-6-14(15)16(12)13/h4-11H,3H2,1-2H3. The van der Waals surface area contributed by atoms with E-state index < -0.39 is 0 Å². The van der Waals surface area contributed by atoms with Crippen LogP contribution in [0.15, 0.2) is 30.3 Å². The fraction of sp³-hybridized carbons (Fsp3) is 0.250. The molecule has 2 aromatic rings. The molecule has 3 rings (SSSR count). The topological polar surface area (TPSA) is 18.5 Å². The number of rotatable bonds is 4. The number of hydrogen-bond acceptors (Lipinski definition) is 2. The third-order valence-electron chi connectivity index (χ3n) is 3.20. The highest BCUT2D eigenvalue weighted by Crippen LogP contribution is 2.36. The largest absolute Gasteiger partial charge is 0.465 e. The predicted molar refractivity (Wildman–Crippen MR) is 74.6 cm³/mol. The molecule has 2 nitrogen and oxygen atoms in total. The Bertz CT molecular complexity index is 602. The molecule has 0 amide bonds. The second-order valence-electron chi connectivity index (χ2n) is 4.40. The van der Waals surface area contributed by atoms with Gasteiger partial charge in [-0.25, -0.2) is 0 Å². The van der Waals surface area contributed by atoms with Crippen molar-refractivity contribution in [2.75, 3.05) is 6.61 Å². The summed E-state index contributed by atoms with van der Waals surface area (Å²) < 4.78 is 11.3. The smallest absolute Gasteiger partial charge is 0.196 e. The lowest BCUT2D eigenvalue weighted by atomic mass is 10.0. The molecule has 1 aliphatic rings. The Kier molecular flexibility index (Phi) is 2.80. The van der Waals surface area contributed by atoms with Gasteiger partial charge in [0.15, 0.2) is 6.29 Å². The zero-order valence-electron chi connectivity index (χ0n) is 10.6. The van der Waals surface area contributed by atoms with Crippen molar-refractivity contribution < 1.29 is 9.47 Å². The van der Waals surface area contributed by atoms with Crippen molar-refractivity contribution in [3.63, 3.8) is 0 Å². The van der Waals surface area contributed by atoms with Gasteiger partial charge in [0.1, 0.15) is 5.75 Å².